The number of likely N-dealkylation sites (tertiary alicyclic amines) is 1. The Morgan fingerprint density at radius 3 is 2.54 bits per heavy atom. The van der Waals surface area contributed by atoms with Crippen LogP contribution in [0.1, 0.15) is 46.0 Å². The SMILES string of the molecule is CCOC(=O)[C@H]1CCCN(C(=O)c2ccc3c(c2)N(Cc2ccccc2F)C(=O)c2ccccc2S3(=O)=O)C1. The molecular weight excluding hydrogens is 523 g/mol. The second-order valence-electron chi connectivity index (χ2n) is 9.51. The largest absolute Gasteiger partial charge is 0.466 e. The molecule has 2 aliphatic rings. The van der Waals surface area contributed by atoms with Crippen LogP contribution in [-0.2, 0) is 25.9 Å². The molecule has 3 aromatic rings. The van der Waals surface area contributed by atoms with Crippen LogP contribution in [0.15, 0.2) is 76.5 Å². The van der Waals surface area contributed by atoms with E-state index in [1.54, 1.807) is 19.1 Å². The highest BCUT2D eigenvalue weighted by molar-refractivity contribution is 7.91. The third-order valence-corrected chi connectivity index (χ3v) is 8.91. The fourth-order valence-corrected chi connectivity index (χ4v) is 6.72. The minimum absolute atomic E-state index is 0.00995. The standard InChI is InChI=1S/C29H27FN2O6S/c1-2-38-29(35)21-9-7-15-31(17-21)27(33)19-13-14-26-24(16-19)32(18-20-8-3-5-11-23(20)30)28(34)22-10-4-6-12-25(22)39(26,36)37/h3-6,8,10-14,16,21H,2,7,9,15,17-18H2,1H3/t21-/m0/s1. The smallest absolute Gasteiger partial charge is 0.310 e. The van der Waals surface area contributed by atoms with E-state index in [1.165, 1.54) is 64.4 Å². The minimum Gasteiger partial charge on any atom is -0.466 e. The lowest BCUT2D eigenvalue weighted by atomic mass is 9.97. The number of rotatable bonds is 5. The summed E-state index contributed by atoms with van der Waals surface area (Å²) in [5.41, 5.74) is 0.305. The van der Waals surface area contributed by atoms with Crippen molar-refractivity contribution in [3.63, 3.8) is 0 Å². The summed E-state index contributed by atoms with van der Waals surface area (Å²) in [6.45, 7) is 2.33. The molecular formula is C29H27FN2O6S. The molecule has 0 unspecified atom stereocenters. The lowest BCUT2D eigenvalue weighted by Crippen LogP contribution is -2.43. The summed E-state index contributed by atoms with van der Waals surface area (Å²) in [6.07, 6.45) is 1.22. The van der Waals surface area contributed by atoms with Crippen LogP contribution in [0.4, 0.5) is 10.1 Å². The molecule has 2 aliphatic heterocycles. The Hall–Kier alpha value is -4.05. The number of fused-ring (bicyclic) bond motifs is 2. The van der Waals surface area contributed by atoms with Crippen molar-refractivity contribution in [2.24, 2.45) is 5.92 Å². The molecule has 8 nitrogen and oxygen atoms in total. The van der Waals surface area contributed by atoms with Crippen LogP contribution >= 0.6 is 0 Å². The van der Waals surface area contributed by atoms with Gasteiger partial charge in [0.2, 0.25) is 9.84 Å². The third kappa shape index (κ3) is 4.92. The second-order valence-corrected chi connectivity index (χ2v) is 11.4. The summed E-state index contributed by atoms with van der Waals surface area (Å²) < 4.78 is 47.2. The van der Waals surface area contributed by atoms with Gasteiger partial charge in [-0.2, -0.15) is 0 Å². The molecule has 0 saturated carbocycles. The maximum Gasteiger partial charge on any atom is 0.310 e. The molecule has 1 saturated heterocycles. The van der Waals surface area contributed by atoms with Crippen LogP contribution < -0.4 is 4.90 Å². The van der Waals surface area contributed by atoms with Gasteiger partial charge in [-0.3, -0.25) is 14.4 Å². The summed E-state index contributed by atoms with van der Waals surface area (Å²) in [4.78, 5) is 42.0. The average molecular weight is 551 g/mol. The summed E-state index contributed by atoms with van der Waals surface area (Å²) in [5, 5.41) is 0. The fraction of sp³-hybridized carbons (Fsp3) is 0.276. The van der Waals surface area contributed by atoms with Crippen LogP contribution in [0.2, 0.25) is 0 Å². The fourth-order valence-electron chi connectivity index (χ4n) is 5.09. The van der Waals surface area contributed by atoms with Crippen LogP contribution in [0.3, 0.4) is 0 Å². The number of nitrogens with zero attached hydrogens (tertiary/aromatic N) is 2. The van der Waals surface area contributed by atoms with Gasteiger partial charge in [0.25, 0.3) is 11.8 Å². The molecule has 2 heterocycles. The Bertz CT molecular complexity index is 1570. The van der Waals surface area contributed by atoms with Gasteiger partial charge in [-0.25, -0.2) is 12.8 Å². The average Bonchev–Trinajstić information content (AvgIpc) is 3.01. The second kappa shape index (κ2) is 10.6. The van der Waals surface area contributed by atoms with Gasteiger partial charge in [0, 0.05) is 24.2 Å². The van der Waals surface area contributed by atoms with Gasteiger partial charge in [0.05, 0.1) is 40.1 Å². The van der Waals surface area contributed by atoms with Crippen molar-refractivity contribution in [3.05, 3.63) is 89.2 Å². The Balaban J connectivity index is 1.59. The topological polar surface area (TPSA) is 101 Å². The molecule has 0 aromatic heterocycles. The normalized spacial score (nSPS) is 18.1. The number of benzene rings is 3. The van der Waals surface area contributed by atoms with Crippen LogP contribution in [0.5, 0.6) is 0 Å². The van der Waals surface area contributed by atoms with Crippen molar-refractivity contribution in [2.45, 2.75) is 36.1 Å². The Morgan fingerprint density at radius 1 is 1.03 bits per heavy atom. The number of piperidine rings is 1. The van der Waals surface area contributed by atoms with Gasteiger partial charge in [0.15, 0.2) is 0 Å². The summed E-state index contributed by atoms with van der Waals surface area (Å²) in [5.74, 6) is -2.37. The third-order valence-electron chi connectivity index (χ3n) is 7.05. The number of halogens is 1. The van der Waals surface area contributed by atoms with E-state index < -0.39 is 33.4 Å². The zero-order chi connectivity index (χ0) is 27.7. The number of ether oxygens (including phenoxy) is 1. The molecule has 0 spiro atoms. The first-order valence-corrected chi connectivity index (χ1v) is 14.2. The molecule has 3 aromatic carbocycles. The summed E-state index contributed by atoms with van der Waals surface area (Å²) >= 11 is 0. The molecule has 0 N–H and O–H groups in total. The number of hydrogen-bond acceptors (Lipinski definition) is 6. The molecule has 0 radical (unpaired) electrons. The molecule has 5 rings (SSSR count). The lowest BCUT2D eigenvalue weighted by Gasteiger charge is -2.32. The van der Waals surface area contributed by atoms with Gasteiger partial charge in [-0.05, 0) is 56.2 Å². The van der Waals surface area contributed by atoms with Gasteiger partial charge in [0.1, 0.15) is 5.82 Å². The monoisotopic (exact) mass is 550 g/mol. The molecule has 1 atom stereocenters. The Morgan fingerprint density at radius 2 is 1.77 bits per heavy atom. The van der Waals surface area contributed by atoms with Gasteiger partial charge < -0.3 is 14.5 Å². The van der Waals surface area contributed by atoms with Gasteiger partial charge in [-0.15, -0.1) is 0 Å². The number of hydrogen-bond donors (Lipinski definition) is 0. The van der Waals surface area contributed by atoms with E-state index in [0.717, 1.165) is 0 Å². The quantitative estimate of drug-likeness (QED) is 0.441. The van der Waals surface area contributed by atoms with Crippen molar-refractivity contribution in [1.82, 2.24) is 4.90 Å². The molecule has 202 valence electrons. The number of amides is 2. The number of carbonyl (C=O) groups is 3. The van der Waals surface area contributed by atoms with E-state index in [9.17, 15) is 27.2 Å². The molecule has 10 heteroatoms. The van der Waals surface area contributed by atoms with Crippen LogP contribution in [-0.4, -0.2) is 50.8 Å². The molecule has 0 bridgehead atoms. The van der Waals surface area contributed by atoms with Gasteiger partial charge in [-0.1, -0.05) is 30.3 Å². The van der Waals surface area contributed by atoms with Crippen molar-refractivity contribution >= 4 is 33.3 Å². The predicted molar refractivity (Wildman–Crippen MR) is 141 cm³/mol. The molecule has 0 aliphatic carbocycles. The van der Waals surface area contributed by atoms with Crippen LogP contribution in [0, 0.1) is 11.7 Å². The summed E-state index contributed by atoms with van der Waals surface area (Å²) in [7, 11) is -4.14. The molecule has 39 heavy (non-hydrogen) atoms. The van der Waals surface area contributed by atoms with Crippen molar-refractivity contribution in [3.8, 4) is 0 Å². The van der Waals surface area contributed by atoms with Crippen molar-refractivity contribution in [1.29, 1.82) is 0 Å². The maximum atomic E-state index is 14.6. The zero-order valence-electron chi connectivity index (χ0n) is 21.3. The number of sulfone groups is 1. The van der Waals surface area contributed by atoms with E-state index in [2.05, 4.69) is 0 Å². The minimum atomic E-state index is -4.14. The first-order chi connectivity index (χ1) is 18.7. The van der Waals surface area contributed by atoms with Crippen molar-refractivity contribution < 1.29 is 31.9 Å². The van der Waals surface area contributed by atoms with E-state index in [-0.39, 0.29) is 57.8 Å². The van der Waals surface area contributed by atoms with Crippen molar-refractivity contribution in [2.75, 3.05) is 24.6 Å². The lowest BCUT2D eigenvalue weighted by molar-refractivity contribution is -0.149. The highest BCUT2D eigenvalue weighted by atomic mass is 32.2. The van der Waals surface area contributed by atoms with E-state index in [1.807, 2.05) is 0 Å². The highest BCUT2D eigenvalue weighted by Gasteiger charge is 2.37. The highest BCUT2D eigenvalue weighted by Crippen LogP contribution is 2.38. The number of esters is 1. The van der Waals surface area contributed by atoms with E-state index in [4.69, 9.17) is 4.74 Å². The molecule has 1 fully saturated rings. The summed E-state index contributed by atoms with van der Waals surface area (Å²) in [6, 6.07) is 15.9. The maximum absolute atomic E-state index is 14.6. The predicted octanol–water partition coefficient (Wildman–Crippen LogP) is 4.23. The zero-order valence-corrected chi connectivity index (χ0v) is 22.1. The Labute approximate surface area is 225 Å². The van der Waals surface area contributed by atoms with E-state index >= 15 is 0 Å². The number of anilines is 1. The molecule has 2 amide bonds. The van der Waals surface area contributed by atoms with Gasteiger partial charge >= 0.3 is 5.97 Å². The first kappa shape index (κ1) is 26.6. The van der Waals surface area contributed by atoms with Crippen LogP contribution in [0.25, 0.3) is 0 Å². The Kier molecular flexibility index (Phi) is 7.22. The van der Waals surface area contributed by atoms with E-state index in [0.29, 0.717) is 19.4 Å². The first-order valence-electron chi connectivity index (χ1n) is 12.7. The number of carbonyl (C=O) groups excluding carboxylic acids is 3.